The van der Waals surface area contributed by atoms with Gasteiger partial charge in [-0.05, 0) is 90.9 Å². The molecule has 0 atom stereocenters. The van der Waals surface area contributed by atoms with Gasteiger partial charge in [0.1, 0.15) is 11.5 Å². The summed E-state index contributed by atoms with van der Waals surface area (Å²) in [7, 11) is -3.10. The average molecular weight is 799 g/mol. The molecule has 0 aliphatic carbocycles. The van der Waals surface area contributed by atoms with Gasteiger partial charge in [0.2, 0.25) is 0 Å². The van der Waals surface area contributed by atoms with Crippen molar-refractivity contribution in [1.29, 1.82) is 0 Å². The zero-order chi connectivity index (χ0) is 42.1. The van der Waals surface area contributed by atoms with Crippen LogP contribution in [-0.4, -0.2) is 47.5 Å². The van der Waals surface area contributed by atoms with Gasteiger partial charge in [-0.25, -0.2) is 0 Å². The summed E-state index contributed by atoms with van der Waals surface area (Å²) in [6, 6.07) is 11.6. The van der Waals surface area contributed by atoms with Gasteiger partial charge < -0.3 is 29.6 Å². The highest BCUT2D eigenvalue weighted by atomic mass is 16.5. The zero-order valence-corrected chi connectivity index (χ0v) is 37.6. The third-order valence-electron chi connectivity index (χ3n) is 11.8. The van der Waals surface area contributed by atoms with E-state index in [1.165, 1.54) is 128 Å². The van der Waals surface area contributed by atoms with E-state index in [1.54, 1.807) is 0 Å². The third kappa shape index (κ3) is 17.4. The van der Waals surface area contributed by atoms with Gasteiger partial charge in [0, 0.05) is 17.2 Å². The highest BCUT2D eigenvalue weighted by Gasteiger charge is 2.23. The predicted molar refractivity (Wildman–Crippen MR) is 249 cm³/mol. The Kier molecular flexibility index (Phi) is 24.5. The van der Waals surface area contributed by atoms with E-state index in [-0.39, 0.29) is 0 Å². The van der Waals surface area contributed by atoms with Crippen LogP contribution in [0.4, 0.5) is 0 Å². The van der Waals surface area contributed by atoms with Gasteiger partial charge in [-0.2, -0.15) is 0 Å². The molecule has 0 bridgehead atoms. The van der Waals surface area contributed by atoms with Crippen molar-refractivity contribution < 1.29 is 29.6 Å². The Morgan fingerprint density at radius 3 is 0.879 bits per heavy atom. The van der Waals surface area contributed by atoms with Gasteiger partial charge >= 0.3 is 14.2 Å². The average Bonchev–Trinajstić information content (AvgIpc) is 3.18. The van der Waals surface area contributed by atoms with E-state index in [2.05, 4.69) is 26.0 Å². The second-order valence-electron chi connectivity index (χ2n) is 17.1. The van der Waals surface area contributed by atoms with E-state index in [9.17, 15) is 20.1 Å². The molecule has 8 heteroatoms. The van der Waals surface area contributed by atoms with E-state index < -0.39 is 14.2 Å². The quantitative estimate of drug-likeness (QED) is 0.0371. The molecule has 322 valence electrons. The van der Waals surface area contributed by atoms with Crippen LogP contribution >= 0.6 is 0 Å². The number of aryl methyl sites for hydroxylation is 4. The van der Waals surface area contributed by atoms with Crippen molar-refractivity contribution in [1.82, 2.24) is 0 Å². The van der Waals surface area contributed by atoms with E-state index in [0.717, 1.165) is 81.7 Å². The Hall–Kier alpha value is -2.77. The first-order chi connectivity index (χ1) is 28.1. The molecule has 0 aliphatic heterocycles. The minimum atomic E-state index is -1.55. The Labute approximate surface area is 354 Å². The van der Waals surface area contributed by atoms with Crippen LogP contribution in [0.5, 0.6) is 11.5 Å². The number of benzene rings is 3. The molecule has 3 aromatic rings. The molecule has 4 N–H and O–H groups in total. The van der Waals surface area contributed by atoms with Crippen molar-refractivity contribution in [2.24, 2.45) is 0 Å². The molecule has 0 aromatic heterocycles. The predicted octanol–water partition coefficient (Wildman–Crippen LogP) is 11.8. The lowest BCUT2D eigenvalue weighted by Crippen LogP contribution is -2.30. The van der Waals surface area contributed by atoms with Crippen LogP contribution in [0, 0.1) is 27.7 Å². The minimum absolute atomic E-state index is 0.463. The molecule has 0 fully saturated rings. The van der Waals surface area contributed by atoms with Crippen LogP contribution in [0.15, 0.2) is 36.4 Å². The maximum Gasteiger partial charge on any atom is 0.488 e. The molecule has 6 nitrogen and oxygen atoms in total. The lowest BCUT2D eigenvalue weighted by atomic mass is 9.76. The van der Waals surface area contributed by atoms with Crippen LogP contribution < -0.4 is 20.4 Å². The Balaban J connectivity index is 1.80. The normalized spacial score (nSPS) is 11.3. The monoisotopic (exact) mass is 799 g/mol. The molecule has 3 aromatic carbocycles. The van der Waals surface area contributed by atoms with Crippen molar-refractivity contribution in [2.45, 2.75) is 196 Å². The summed E-state index contributed by atoms with van der Waals surface area (Å²) in [5, 5.41) is 40.1. The molecule has 0 spiro atoms. The molecular formula is C50H80B2O6. The second kappa shape index (κ2) is 28.7. The van der Waals surface area contributed by atoms with Crippen molar-refractivity contribution >= 4 is 25.2 Å². The maximum absolute atomic E-state index is 10.0. The maximum atomic E-state index is 10.0. The van der Waals surface area contributed by atoms with Crippen LogP contribution in [-0.2, 0) is 0 Å². The summed E-state index contributed by atoms with van der Waals surface area (Å²) >= 11 is 0. The van der Waals surface area contributed by atoms with Gasteiger partial charge in [-0.3, -0.25) is 0 Å². The zero-order valence-electron chi connectivity index (χ0n) is 37.6. The fourth-order valence-electron chi connectivity index (χ4n) is 8.58. The summed E-state index contributed by atoms with van der Waals surface area (Å²) in [6.45, 7) is 13.8. The molecule has 0 saturated heterocycles. The Morgan fingerprint density at radius 2 is 0.621 bits per heavy atom. The highest BCUT2D eigenvalue weighted by Crippen LogP contribution is 2.44. The fraction of sp³-hybridized carbons (Fsp3) is 0.640. The van der Waals surface area contributed by atoms with Gasteiger partial charge in [-0.15, -0.1) is 0 Å². The van der Waals surface area contributed by atoms with Crippen LogP contribution in [0.3, 0.4) is 0 Å². The summed E-state index contributed by atoms with van der Waals surface area (Å²) in [6.07, 6.45) is 30.9. The minimum Gasteiger partial charge on any atom is -0.493 e. The smallest absolute Gasteiger partial charge is 0.488 e. The molecule has 0 aliphatic rings. The van der Waals surface area contributed by atoms with E-state index >= 15 is 0 Å². The van der Waals surface area contributed by atoms with E-state index in [4.69, 9.17) is 9.47 Å². The molecule has 3 rings (SSSR count). The number of hydrogen-bond donors (Lipinski definition) is 4. The summed E-state index contributed by atoms with van der Waals surface area (Å²) in [5.41, 5.74) is 8.53. The number of hydrogen-bond acceptors (Lipinski definition) is 6. The largest absolute Gasteiger partial charge is 0.493 e. The van der Waals surface area contributed by atoms with Gasteiger partial charge in [0.25, 0.3) is 0 Å². The first-order valence-electron chi connectivity index (χ1n) is 23.5. The van der Waals surface area contributed by atoms with Gasteiger partial charge in [0.15, 0.2) is 0 Å². The third-order valence-corrected chi connectivity index (χ3v) is 11.8. The van der Waals surface area contributed by atoms with Crippen LogP contribution in [0.1, 0.15) is 190 Å². The topological polar surface area (TPSA) is 99.4 Å². The van der Waals surface area contributed by atoms with Gasteiger partial charge in [-0.1, -0.05) is 179 Å². The summed E-state index contributed by atoms with van der Waals surface area (Å²) in [5.74, 6) is 1.52. The number of unbranched alkanes of at least 4 members (excludes halogenated alkanes) is 22. The lowest BCUT2D eigenvalue weighted by Gasteiger charge is -2.22. The molecule has 58 heavy (non-hydrogen) atoms. The molecular weight excluding hydrogens is 718 g/mol. The molecule has 0 heterocycles. The first kappa shape index (κ1) is 49.6. The van der Waals surface area contributed by atoms with E-state index in [1.807, 2.05) is 52.0 Å². The lowest BCUT2D eigenvalue weighted by molar-refractivity contribution is 0.291. The highest BCUT2D eigenvalue weighted by molar-refractivity contribution is 6.59. The number of rotatable bonds is 32. The van der Waals surface area contributed by atoms with Gasteiger partial charge in [0.05, 0.1) is 13.2 Å². The van der Waals surface area contributed by atoms with Crippen molar-refractivity contribution in [3.63, 3.8) is 0 Å². The molecule has 0 saturated carbocycles. The van der Waals surface area contributed by atoms with Crippen molar-refractivity contribution in [3.05, 3.63) is 58.7 Å². The van der Waals surface area contributed by atoms with Crippen molar-refractivity contribution in [2.75, 3.05) is 13.2 Å². The van der Waals surface area contributed by atoms with Crippen LogP contribution in [0.25, 0.3) is 22.3 Å². The summed E-state index contributed by atoms with van der Waals surface area (Å²) in [4.78, 5) is 0. The molecule has 0 radical (unpaired) electrons. The summed E-state index contributed by atoms with van der Waals surface area (Å²) < 4.78 is 13.4. The fourth-order valence-corrected chi connectivity index (χ4v) is 8.58. The van der Waals surface area contributed by atoms with Crippen LogP contribution in [0.2, 0.25) is 0 Å². The Morgan fingerprint density at radius 1 is 0.362 bits per heavy atom. The number of ether oxygens (including phenoxy) is 2. The molecule has 0 unspecified atom stereocenters. The second-order valence-corrected chi connectivity index (χ2v) is 17.1. The SMILES string of the molecule is CCCCCCCCCCCCCCOc1cc(OCCCCCCCCCCCCCC)c(-c2c(C)cc(B(O)O)cc2C)cc1-c1c(C)cc(B(O)O)cc1C. The first-order valence-corrected chi connectivity index (χ1v) is 23.5. The molecule has 0 amide bonds. The standard InChI is InChI=1S/C50H80B2O6/c1-7-9-11-13-15-17-19-21-23-25-27-29-31-57-47-38-48(58-32-30-28-26-24-22-20-18-16-14-12-10-8-2)46(50-41(5)35-44(52(55)56)36-42(50)6)37-45(47)49-39(3)33-43(51(53)54)34-40(49)4/h33-38,53-56H,7-32H2,1-6H3. The van der Waals surface area contributed by atoms with Crippen molar-refractivity contribution in [3.8, 4) is 33.8 Å². The van der Waals surface area contributed by atoms with E-state index in [0.29, 0.717) is 24.1 Å². The Bertz CT molecular complexity index is 1430.